The molecule has 0 spiro atoms. The number of aromatic nitrogens is 1. The molecular formula is C32H33F3N6O5. The average Bonchev–Trinajstić information content (AvgIpc) is 3.31. The van der Waals surface area contributed by atoms with Gasteiger partial charge in [0.05, 0.1) is 11.8 Å². The van der Waals surface area contributed by atoms with E-state index in [1.54, 1.807) is 18.3 Å². The van der Waals surface area contributed by atoms with Gasteiger partial charge in [0, 0.05) is 56.6 Å². The van der Waals surface area contributed by atoms with E-state index in [0.717, 1.165) is 6.07 Å². The lowest BCUT2D eigenvalue weighted by atomic mass is 9.80. The van der Waals surface area contributed by atoms with Crippen LogP contribution >= 0.6 is 0 Å². The second kappa shape index (κ2) is 11.6. The molecule has 0 radical (unpaired) electrons. The summed E-state index contributed by atoms with van der Waals surface area (Å²) >= 11 is 0. The summed E-state index contributed by atoms with van der Waals surface area (Å²) in [5.74, 6) is -6.83. The first-order chi connectivity index (χ1) is 21.8. The van der Waals surface area contributed by atoms with E-state index in [1.807, 2.05) is 19.9 Å². The van der Waals surface area contributed by atoms with Gasteiger partial charge >= 0.3 is 0 Å². The summed E-state index contributed by atoms with van der Waals surface area (Å²) in [6, 6.07) is 5.72. The Morgan fingerprint density at radius 2 is 1.96 bits per heavy atom. The Balaban J connectivity index is 1.18. The van der Waals surface area contributed by atoms with Crippen molar-refractivity contribution in [1.82, 2.24) is 20.5 Å². The lowest BCUT2D eigenvalue weighted by molar-refractivity contribution is -0.153. The number of anilines is 1. The molecule has 6 atom stereocenters. The number of alkyl halides is 2. The number of nitriles is 1. The van der Waals surface area contributed by atoms with E-state index >= 15 is 0 Å². The number of hydrogen-bond acceptors (Lipinski definition) is 7. The van der Waals surface area contributed by atoms with E-state index in [0.29, 0.717) is 5.56 Å². The summed E-state index contributed by atoms with van der Waals surface area (Å²) in [5.41, 5.74) is 0.511. The van der Waals surface area contributed by atoms with Crippen molar-refractivity contribution < 1.29 is 37.1 Å². The van der Waals surface area contributed by atoms with Gasteiger partial charge in [-0.2, -0.15) is 5.26 Å². The van der Waals surface area contributed by atoms with Gasteiger partial charge in [0.2, 0.25) is 23.6 Å². The van der Waals surface area contributed by atoms with Gasteiger partial charge in [-0.15, -0.1) is 0 Å². The van der Waals surface area contributed by atoms with Crippen molar-refractivity contribution in [3.8, 4) is 11.8 Å². The van der Waals surface area contributed by atoms with Gasteiger partial charge in [0.15, 0.2) is 6.10 Å². The first-order valence-corrected chi connectivity index (χ1v) is 15.1. The Hall–Kier alpha value is -4.67. The normalized spacial score (nSPS) is 26.5. The third-order valence-corrected chi connectivity index (χ3v) is 9.68. The molecule has 2 aromatic rings. The van der Waals surface area contributed by atoms with Crippen LogP contribution in [-0.2, 0) is 25.6 Å². The fraction of sp³-hybridized carbons (Fsp3) is 0.500. The quantitative estimate of drug-likeness (QED) is 0.382. The van der Waals surface area contributed by atoms with E-state index < -0.39 is 78.4 Å². The van der Waals surface area contributed by atoms with Crippen LogP contribution in [0.5, 0.6) is 5.75 Å². The average molecular weight is 639 g/mol. The van der Waals surface area contributed by atoms with E-state index in [4.69, 9.17) is 4.74 Å². The Labute approximate surface area is 262 Å². The van der Waals surface area contributed by atoms with Crippen molar-refractivity contribution in [2.24, 2.45) is 23.2 Å². The standard InChI is InChI=1S/C32H33F3N6O5/c1-31(2)20-15-41(30(45)22(8-16-4-3-7-37-14-16)40-27(42)17-11-32(34,35)12-17)26(25(20)31)29(44)38-19(13-36)10-24-28(43)39-21-9-18(33)5-6-23(21)46-24/h3-7,9,14,17,19-20,22,24-26H,8,10-12,15H2,1-2H3,(H,38,44)(H,39,43)(H,40,42)/t19-,20-,22-,24-,25-,26-/m0/s1. The van der Waals surface area contributed by atoms with Crippen molar-refractivity contribution in [2.75, 3.05) is 11.9 Å². The third kappa shape index (κ3) is 5.98. The Kier molecular flexibility index (Phi) is 7.90. The molecule has 1 saturated heterocycles. The molecule has 46 heavy (non-hydrogen) atoms. The van der Waals surface area contributed by atoms with Gasteiger partial charge < -0.3 is 25.6 Å². The molecule has 4 aliphatic rings. The molecule has 2 aliphatic carbocycles. The van der Waals surface area contributed by atoms with Gasteiger partial charge in [-0.05, 0) is 41.0 Å². The smallest absolute Gasteiger partial charge is 0.265 e. The maximum Gasteiger partial charge on any atom is 0.265 e. The zero-order valence-corrected chi connectivity index (χ0v) is 25.1. The summed E-state index contributed by atoms with van der Waals surface area (Å²) < 4.78 is 46.3. The monoisotopic (exact) mass is 638 g/mol. The molecule has 2 aliphatic heterocycles. The van der Waals surface area contributed by atoms with Gasteiger partial charge in [0.1, 0.15) is 29.7 Å². The van der Waals surface area contributed by atoms with Crippen LogP contribution in [0.2, 0.25) is 0 Å². The van der Waals surface area contributed by atoms with Crippen molar-refractivity contribution in [3.05, 3.63) is 54.1 Å². The lowest BCUT2D eigenvalue weighted by Crippen LogP contribution is -2.58. The molecule has 11 nitrogen and oxygen atoms in total. The SMILES string of the molecule is CC1(C)[C@@H]2[C@@H](C(=O)N[C@H](C#N)C[C@@H]3Oc4ccc(F)cc4NC3=O)N(C(=O)[C@H](Cc3cccnc3)NC(=O)C3CC(F)(F)C3)C[C@@H]21. The van der Waals surface area contributed by atoms with Crippen LogP contribution in [-0.4, -0.2) is 70.2 Å². The minimum Gasteiger partial charge on any atom is -0.478 e. The van der Waals surface area contributed by atoms with Crippen LogP contribution in [0.15, 0.2) is 42.7 Å². The van der Waals surface area contributed by atoms with Crippen LogP contribution in [0.3, 0.4) is 0 Å². The number of likely N-dealkylation sites (tertiary alicyclic amines) is 1. The molecule has 0 unspecified atom stereocenters. The molecule has 6 rings (SSSR count). The maximum absolute atomic E-state index is 14.1. The number of amides is 4. The minimum atomic E-state index is -2.92. The summed E-state index contributed by atoms with van der Waals surface area (Å²) in [6.45, 7) is 4.20. The molecule has 0 bridgehead atoms. The topological polar surface area (TPSA) is 154 Å². The first kappa shape index (κ1) is 31.3. The maximum atomic E-state index is 14.1. The Morgan fingerprint density at radius 3 is 2.63 bits per heavy atom. The van der Waals surface area contributed by atoms with E-state index in [9.17, 15) is 37.6 Å². The number of hydrogen-bond donors (Lipinski definition) is 3. The second-order valence-electron chi connectivity index (χ2n) is 13.1. The number of fused-ring (bicyclic) bond motifs is 2. The number of nitrogens with one attached hydrogen (secondary N) is 3. The number of ether oxygens (including phenoxy) is 1. The summed E-state index contributed by atoms with van der Waals surface area (Å²) in [7, 11) is 0. The lowest BCUT2D eigenvalue weighted by Gasteiger charge is -2.36. The number of nitrogens with zero attached hydrogens (tertiary/aromatic N) is 3. The van der Waals surface area contributed by atoms with Crippen molar-refractivity contribution in [3.63, 3.8) is 0 Å². The fourth-order valence-corrected chi connectivity index (χ4v) is 7.00. The molecule has 3 heterocycles. The van der Waals surface area contributed by atoms with Crippen LogP contribution in [0.4, 0.5) is 18.9 Å². The Morgan fingerprint density at radius 1 is 1.20 bits per heavy atom. The van der Waals surface area contributed by atoms with Crippen LogP contribution in [0.1, 0.15) is 38.7 Å². The van der Waals surface area contributed by atoms with Crippen molar-refractivity contribution in [1.29, 1.82) is 5.26 Å². The number of piperidine rings is 1. The first-order valence-electron chi connectivity index (χ1n) is 15.1. The summed E-state index contributed by atoms with van der Waals surface area (Å²) in [6.07, 6.45) is 0.570. The third-order valence-electron chi connectivity index (χ3n) is 9.68. The van der Waals surface area contributed by atoms with Crippen molar-refractivity contribution in [2.45, 2.75) is 69.7 Å². The summed E-state index contributed by atoms with van der Waals surface area (Å²) in [5, 5.41) is 17.8. The zero-order valence-electron chi connectivity index (χ0n) is 25.1. The number of halogens is 3. The number of carbonyl (C=O) groups excluding carboxylic acids is 4. The van der Waals surface area contributed by atoms with E-state index in [2.05, 4.69) is 20.9 Å². The zero-order chi connectivity index (χ0) is 33.0. The van der Waals surface area contributed by atoms with Crippen LogP contribution < -0.4 is 20.7 Å². The molecule has 2 saturated carbocycles. The van der Waals surface area contributed by atoms with E-state index in [-0.39, 0.29) is 48.1 Å². The van der Waals surface area contributed by atoms with Crippen LogP contribution in [0, 0.1) is 40.3 Å². The highest BCUT2D eigenvalue weighted by Gasteiger charge is 2.69. The van der Waals surface area contributed by atoms with Gasteiger partial charge in [-0.3, -0.25) is 24.2 Å². The number of carbonyl (C=O) groups is 4. The molecule has 1 aromatic heterocycles. The summed E-state index contributed by atoms with van der Waals surface area (Å²) in [4.78, 5) is 58.9. The molecular weight excluding hydrogens is 605 g/mol. The minimum absolute atomic E-state index is 0.0165. The van der Waals surface area contributed by atoms with Gasteiger partial charge in [0.25, 0.3) is 5.91 Å². The number of pyridine rings is 1. The number of rotatable bonds is 9. The largest absolute Gasteiger partial charge is 0.478 e. The van der Waals surface area contributed by atoms with Gasteiger partial charge in [-0.25, -0.2) is 13.2 Å². The highest BCUT2D eigenvalue weighted by Crippen LogP contribution is 2.65. The fourth-order valence-electron chi connectivity index (χ4n) is 7.00. The highest BCUT2D eigenvalue weighted by molar-refractivity contribution is 5.98. The van der Waals surface area contributed by atoms with E-state index in [1.165, 1.54) is 23.2 Å². The van der Waals surface area contributed by atoms with Gasteiger partial charge in [-0.1, -0.05) is 19.9 Å². The number of benzene rings is 1. The van der Waals surface area contributed by atoms with Crippen LogP contribution in [0.25, 0.3) is 0 Å². The Bertz CT molecular complexity index is 1610. The predicted molar refractivity (Wildman–Crippen MR) is 155 cm³/mol. The predicted octanol–water partition coefficient (Wildman–Crippen LogP) is 2.57. The molecule has 3 N–H and O–H groups in total. The molecule has 4 amide bonds. The molecule has 3 fully saturated rings. The molecule has 242 valence electrons. The molecule has 1 aromatic carbocycles. The molecule has 14 heteroatoms. The van der Waals surface area contributed by atoms with Crippen molar-refractivity contribution >= 4 is 29.3 Å². The second-order valence-corrected chi connectivity index (χ2v) is 13.1. The highest BCUT2D eigenvalue weighted by atomic mass is 19.3.